The van der Waals surface area contributed by atoms with E-state index in [1.54, 1.807) is 52.2 Å². The maximum absolute atomic E-state index is 10.9. The summed E-state index contributed by atoms with van der Waals surface area (Å²) < 4.78 is 21.8. The lowest BCUT2D eigenvalue weighted by molar-refractivity contribution is 0.112. The highest BCUT2D eigenvalue weighted by atomic mass is 35.5. The predicted octanol–water partition coefficient (Wildman–Crippen LogP) is 12.3. The highest BCUT2D eigenvalue weighted by molar-refractivity contribution is 6.33. The number of ether oxygens (including phenoxy) is 4. The number of H-pyrrole nitrogens is 2. The number of nitrogens with one attached hydrogen (secondary N) is 3. The van der Waals surface area contributed by atoms with Gasteiger partial charge in [-0.3, -0.25) is 4.79 Å². The number of carbonyl (C=O) groups is 1. The molecule has 77 heavy (non-hydrogen) atoms. The molecule has 0 radical (unpaired) electrons. The van der Waals surface area contributed by atoms with E-state index >= 15 is 0 Å². The highest BCUT2D eigenvalue weighted by Gasteiger charge is 2.18. The number of fused-ring (bicyclic) bond motifs is 2. The molecule has 0 aliphatic rings. The van der Waals surface area contributed by atoms with Crippen molar-refractivity contribution in [1.29, 1.82) is 0 Å². The maximum atomic E-state index is 10.9. The van der Waals surface area contributed by atoms with Crippen molar-refractivity contribution in [2.24, 2.45) is 23.5 Å². The van der Waals surface area contributed by atoms with Gasteiger partial charge in [0.15, 0.2) is 28.6 Å². The molecule has 4 heterocycles. The third kappa shape index (κ3) is 20.7. The summed E-state index contributed by atoms with van der Waals surface area (Å²) in [5, 5.41) is 3.82. The Labute approximate surface area is 461 Å². The normalized spacial score (nSPS) is 11.1. The Bertz CT molecular complexity index is 2960. The monoisotopic (exact) mass is 1070 g/mol. The molecule has 0 aliphatic carbocycles. The van der Waals surface area contributed by atoms with Crippen LogP contribution in [0.5, 0.6) is 23.0 Å². The number of nitrogens with two attached hydrogens (primary N) is 1. The van der Waals surface area contributed by atoms with E-state index in [4.69, 9.17) is 36.3 Å². The Morgan fingerprint density at radius 2 is 1.27 bits per heavy atom. The predicted molar refractivity (Wildman–Crippen MR) is 313 cm³/mol. The minimum Gasteiger partial charge on any atom is -0.496 e. The van der Waals surface area contributed by atoms with E-state index in [-0.39, 0.29) is 0 Å². The van der Waals surface area contributed by atoms with Gasteiger partial charge < -0.3 is 44.9 Å². The van der Waals surface area contributed by atoms with Crippen LogP contribution in [-0.2, 0) is 19.5 Å². The summed E-state index contributed by atoms with van der Waals surface area (Å²) >= 11 is 5.68. The van der Waals surface area contributed by atoms with E-state index in [0.29, 0.717) is 75.8 Å². The lowest BCUT2D eigenvalue weighted by atomic mass is 9.97. The van der Waals surface area contributed by atoms with Gasteiger partial charge in [0.25, 0.3) is 0 Å². The number of nitrogens with zero attached hydrogens (tertiary/aromatic N) is 7. The zero-order valence-electron chi connectivity index (χ0n) is 47.5. The van der Waals surface area contributed by atoms with Crippen LogP contribution in [0, 0.1) is 31.6 Å². The molecule has 0 saturated carbocycles. The van der Waals surface area contributed by atoms with Crippen molar-refractivity contribution >= 4 is 46.0 Å². The molecule has 1 unspecified atom stereocenters. The van der Waals surface area contributed by atoms with Gasteiger partial charge in [-0.25, -0.2) is 29.9 Å². The minimum absolute atomic E-state index is 0.405. The van der Waals surface area contributed by atoms with Crippen molar-refractivity contribution in [3.05, 3.63) is 148 Å². The third-order valence-electron chi connectivity index (χ3n) is 12.0. The van der Waals surface area contributed by atoms with Crippen molar-refractivity contribution in [2.45, 2.75) is 101 Å². The SMILES string of the molecule is CC(C)CN.CCC(C)c1ccc(CCOc2ccc(C=O)c(OC)c2)cc1.COc1cc(C)ccc1CN(CC(C)C)c1ncnc2nc[nH]c12.COc1cc(C)ccc1CNCC(C)C.Clc1ncnc2nc[nH]c12. The minimum atomic E-state index is 0.405. The zero-order valence-corrected chi connectivity index (χ0v) is 48.2. The molecule has 4 aromatic heterocycles. The van der Waals surface area contributed by atoms with Crippen molar-refractivity contribution < 1.29 is 23.7 Å². The highest BCUT2D eigenvalue weighted by Crippen LogP contribution is 2.28. The number of aryl methyl sites for hydroxylation is 2. The lowest BCUT2D eigenvalue weighted by Crippen LogP contribution is -2.28. The molecule has 8 aromatic rings. The molecule has 4 aromatic carbocycles. The molecule has 0 bridgehead atoms. The van der Waals surface area contributed by atoms with Crippen LogP contribution in [0.3, 0.4) is 0 Å². The van der Waals surface area contributed by atoms with Crippen LogP contribution < -0.4 is 34.9 Å². The molecule has 5 N–H and O–H groups in total. The van der Waals surface area contributed by atoms with Gasteiger partial charge in [0, 0.05) is 43.2 Å². The first kappa shape index (κ1) is 62.4. The standard InChI is InChI=1S/C20H24O3.C18H23N5O.C13H21NO.C5H3ClN4.C4H11N/c1-4-15(2)17-7-5-16(6-8-17)11-12-23-19-10-9-18(14-21)20(13-19)22-3;1-12(2)8-23(9-14-6-5-13(3)7-15(14)24-4)18-16-17(20-10-19-16)21-11-22-18;1-10(2)8-14-9-12-6-5-11(3)7-13(12)15-4;6-4-3-5(9-1-7-3)10-2-8-4;1-4(2)3-5/h5-10,13-15H,4,11-12H2,1-3H3;5-7,10-12H,8-9H2,1-4H3,(H,19,20,21,22);5-7,10,14H,8-9H2,1-4H3;1-2H,(H,7,8,9,10);4H,3,5H2,1-2H3. The number of aromatic nitrogens is 8. The Morgan fingerprint density at radius 3 is 1.83 bits per heavy atom. The van der Waals surface area contributed by atoms with Gasteiger partial charge in [-0.15, -0.1) is 0 Å². The molecule has 0 spiro atoms. The van der Waals surface area contributed by atoms with E-state index in [0.717, 1.165) is 73.7 Å². The number of aldehydes is 1. The Balaban J connectivity index is 0.000000223. The fourth-order valence-corrected chi connectivity index (χ4v) is 7.67. The van der Waals surface area contributed by atoms with Crippen LogP contribution in [0.4, 0.5) is 5.82 Å². The number of halogens is 1. The number of imidazole rings is 2. The molecular formula is C60H82ClN11O5. The second kappa shape index (κ2) is 33.1. The largest absolute Gasteiger partial charge is 0.496 e. The molecule has 0 fully saturated rings. The van der Waals surface area contributed by atoms with Gasteiger partial charge in [-0.1, -0.05) is 116 Å². The summed E-state index contributed by atoms with van der Waals surface area (Å²) in [6.07, 6.45) is 8.92. The number of benzene rings is 4. The second-order valence-electron chi connectivity index (χ2n) is 19.8. The summed E-state index contributed by atoms with van der Waals surface area (Å²) in [5.41, 5.74) is 15.9. The lowest BCUT2D eigenvalue weighted by Gasteiger charge is -2.26. The molecule has 17 heteroatoms. The summed E-state index contributed by atoms with van der Waals surface area (Å²) in [6.45, 7) is 26.5. The first-order chi connectivity index (χ1) is 37.0. The van der Waals surface area contributed by atoms with Gasteiger partial charge in [-0.05, 0) is 104 Å². The summed E-state index contributed by atoms with van der Waals surface area (Å²) in [5.74, 6) is 6.44. The summed E-state index contributed by atoms with van der Waals surface area (Å²) in [6, 6.07) is 26.6. The van der Waals surface area contributed by atoms with Crippen LogP contribution in [0.25, 0.3) is 22.3 Å². The van der Waals surface area contributed by atoms with Crippen molar-refractivity contribution in [3.63, 3.8) is 0 Å². The Kier molecular flexibility index (Phi) is 26.8. The van der Waals surface area contributed by atoms with Crippen LogP contribution in [-0.4, -0.2) is 93.7 Å². The third-order valence-corrected chi connectivity index (χ3v) is 12.3. The molecule has 414 valence electrons. The van der Waals surface area contributed by atoms with E-state index < -0.39 is 0 Å². The Hall–Kier alpha value is -7.14. The smallest absolute Gasteiger partial charge is 0.182 e. The van der Waals surface area contributed by atoms with Gasteiger partial charge >= 0.3 is 0 Å². The van der Waals surface area contributed by atoms with Gasteiger partial charge in [0.05, 0.1) is 46.2 Å². The number of carbonyl (C=O) groups excluding carboxylic acids is 1. The van der Waals surface area contributed by atoms with Crippen LogP contribution in [0.15, 0.2) is 104 Å². The van der Waals surface area contributed by atoms with E-state index in [1.807, 2.05) is 0 Å². The summed E-state index contributed by atoms with van der Waals surface area (Å²) in [4.78, 5) is 43.6. The number of aromatic amines is 2. The fourth-order valence-electron chi connectivity index (χ4n) is 7.49. The number of hydrogen-bond donors (Lipinski definition) is 4. The first-order valence-electron chi connectivity index (χ1n) is 26.2. The van der Waals surface area contributed by atoms with Gasteiger partial charge in [-0.2, -0.15) is 0 Å². The quantitative estimate of drug-likeness (QED) is 0.0414. The zero-order chi connectivity index (χ0) is 56.3. The number of methoxy groups -OCH3 is 3. The van der Waals surface area contributed by atoms with Gasteiger partial charge in [0.2, 0.25) is 0 Å². The van der Waals surface area contributed by atoms with E-state index in [1.165, 1.54) is 40.5 Å². The topological polar surface area (TPSA) is 204 Å². The molecule has 16 nitrogen and oxygen atoms in total. The molecule has 0 amide bonds. The van der Waals surface area contributed by atoms with E-state index in [2.05, 4.69) is 180 Å². The molecule has 8 rings (SSSR count). The van der Waals surface area contributed by atoms with Crippen LogP contribution >= 0.6 is 11.6 Å². The van der Waals surface area contributed by atoms with Crippen molar-refractivity contribution in [1.82, 2.24) is 45.2 Å². The number of hydrogen-bond acceptors (Lipinski definition) is 14. The van der Waals surface area contributed by atoms with E-state index in [9.17, 15) is 4.79 Å². The average Bonchev–Trinajstić information content (AvgIpc) is 4.14. The molecule has 1 atom stereocenters. The molecule has 0 saturated heterocycles. The van der Waals surface area contributed by atoms with Crippen LogP contribution in [0.2, 0.25) is 5.15 Å². The average molecular weight is 1070 g/mol. The maximum Gasteiger partial charge on any atom is 0.182 e. The molecular weight excluding hydrogens is 990 g/mol. The van der Waals surface area contributed by atoms with Crippen LogP contribution in [0.1, 0.15) is 111 Å². The number of rotatable bonds is 20. The first-order valence-corrected chi connectivity index (χ1v) is 26.6. The Morgan fingerprint density at radius 1 is 0.688 bits per heavy atom. The van der Waals surface area contributed by atoms with Crippen molar-refractivity contribution in [2.75, 3.05) is 52.5 Å². The fraction of sp³-hybridized carbons (Fsp3) is 0.417. The van der Waals surface area contributed by atoms with Crippen molar-refractivity contribution in [3.8, 4) is 23.0 Å². The van der Waals surface area contributed by atoms with Gasteiger partial charge in [0.1, 0.15) is 46.7 Å². The second-order valence-corrected chi connectivity index (χ2v) is 20.2. The summed E-state index contributed by atoms with van der Waals surface area (Å²) in [7, 11) is 4.98. The molecule has 0 aliphatic heterocycles. The number of anilines is 1.